The molecule has 2 N–H and O–H groups in total. The van der Waals surface area contributed by atoms with Crippen LogP contribution in [0.2, 0.25) is 0 Å². The molecule has 1 amide bonds. The SMILES string of the molecule is COc1ccc(C(=O)NC(=S)Nc2cccc(C(F)(F)C(F)(F)OC(F)(F)C(F)(F)C(F)(F)OC(F)(F)F)c2)cc1[N+](=O)[O-]. The minimum Gasteiger partial charge on any atom is -0.490 e. The summed E-state index contributed by atoms with van der Waals surface area (Å²) in [6.07, 6.45) is -28.2. The average molecular weight is 681 g/mol. The zero-order valence-corrected chi connectivity index (χ0v) is 21.6. The molecule has 9 nitrogen and oxygen atoms in total. The van der Waals surface area contributed by atoms with E-state index in [0.29, 0.717) is 6.07 Å². The third-order valence-electron chi connectivity index (χ3n) is 4.94. The standard InChI is InChI=1S/C21H12F13N3O6S/c1-41-13-6-5-9(7-12(13)37(39)40)14(38)36-15(44)35-11-4-2-3-10(8-11)16(22,23)18(26,27)42-19(28,29)17(24,25)20(30,31)43-21(32,33)34/h2-8H,1H3,(H2,35,36,38,44). The largest absolute Gasteiger partial charge is 0.527 e. The Kier molecular flexibility index (Phi) is 10.0. The molecule has 0 spiro atoms. The maximum Gasteiger partial charge on any atom is 0.527 e. The number of halogens is 13. The van der Waals surface area contributed by atoms with Gasteiger partial charge in [-0.2, -0.15) is 43.9 Å². The van der Waals surface area contributed by atoms with Gasteiger partial charge in [0.25, 0.3) is 5.91 Å². The van der Waals surface area contributed by atoms with Crippen LogP contribution >= 0.6 is 12.2 Å². The number of carbonyl (C=O) groups excluding carboxylic acids is 1. The molecule has 0 saturated heterocycles. The smallest absolute Gasteiger partial charge is 0.490 e. The molecular formula is C21H12F13N3O6S. The van der Waals surface area contributed by atoms with Gasteiger partial charge in [-0.25, -0.2) is 9.47 Å². The van der Waals surface area contributed by atoms with Crippen molar-refractivity contribution < 1.29 is 81.0 Å². The van der Waals surface area contributed by atoms with E-state index in [1.165, 1.54) is 4.74 Å². The number of carbonyl (C=O) groups is 1. The van der Waals surface area contributed by atoms with Crippen LogP contribution in [-0.2, 0) is 15.4 Å². The molecule has 0 heterocycles. The molecule has 0 unspecified atom stereocenters. The monoisotopic (exact) mass is 681 g/mol. The van der Waals surface area contributed by atoms with Gasteiger partial charge in [0.1, 0.15) is 0 Å². The Bertz CT molecular complexity index is 1420. The Balaban J connectivity index is 2.26. The van der Waals surface area contributed by atoms with Crippen molar-refractivity contribution in [3.63, 3.8) is 0 Å². The van der Waals surface area contributed by atoms with E-state index in [4.69, 9.17) is 17.0 Å². The molecular weight excluding hydrogens is 669 g/mol. The third-order valence-corrected chi connectivity index (χ3v) is 5.15. The fourth-order valence-corrected chi connectivity index (χ4v) is 3.15. The van der Waals surface area contributed by atoms with E-state index in [1.54, 1.807) is 0 Å². The molecule has 0 aliphatic rings. The first-order valence-corrected chi connectivity index (χ1v) is 11.1. The van der Waals surface area contributed by atoms with Gasteiger partial charge in [-0.05, 0) is 36.5 Å². The summed E-state index contributed by atoms with van der Waals surface area (Å²) in [5, 5.41) is 14.3. The topological polar surface area (TPSA) is 112 Å². The van der Waals surface area contributed by atoms with Gasteiger partial charge >= 0.3 is 42.2 Å². The van der Waals surface area contributed by atoms with Crippen LogP contribution in [0.25, 0.3) is 0 Å². The van der Waals surface area contributed by atoms with Gasteiger partial charge in [-0.3, -0.25) is 20.2 Å². The zero-order chi connectivity index (χ0) is 34.1. The number of ether oxygens (including phenoxy) is 3. The van der Waals surface area contributed by atoms with Gasteiger partial charge < -0.3 is 10.1 Å². The van der Waals surface area contributed by atoms with E-state index < -0.39 is 69.4 Å². The van der Waals surface area contributed by atoms with E-state index in [9.17, 15) is 72.0 Å². The second-order valence-electron chi connectivity index (χ2n) is 7.98. The number of alkyl halides is 13. The Labute approximate surface area is 240 Å². The van der Waals surface area contributed by atoms with Crippen LogP contribution in [0.15, 0.2) is 42.5 Å². The van der Waals surface area contributed by atoms with Crippen molar-refractivity contribution in [1.82, 2.24) is 5.32 Å². The molecule has 0 aromatic heterocycles. The number of anilines is 1. The highest BCUT2D eigenvalue weighted by atomic mass is 32.1. The Morgan fingerprint density at radius 1 is 0.841 bits per heavy atom. The summed E-state index contributed by atoms with van der Waals surface area (Å²) in [4.78, 5) is 22.5. The molecule has 0 fully saturated rings. The number of nitro benzene ring substituents is 1. The number of nitrogens with one attached hydrogen (secondary N) is 2. The van der Waals surface area contributed by atoms with E-state index in [0.717, 1.165) is 31.4 Å². The lowest BCUT2D eigenvalue weighted by Crippen LogP contribution is -2.61. The molecule has 0 radical (unpaired) electrons. The first-order chi connectivity index (χ1) is 19.8. The van der Waals surface area contributed by atoms with Crippen LogP contribution in [0.4, 0.5) is 68.5 Å². The minimum atomic E-state index is -7.58. The number of amides is 1. The van der Waals surface area contributed by atoms with Gasteiger partial charge in [0, 0.05) is 22.9 Å². The maximum absolute atomic E-state index is 14.5. The molecule has 0 saturated carbocycles. The number of hydrogen-bond donors (Lipinski definition) is 2. The molecule has 23 heteroatoms. The Hall–Kier alpha value is -3.99. The fourth-order valence-electron chi connectivity index (χ4n) is 2.94. The highest BCUT2D eigenvalue weighted by Crippen LogP contribution is 2.54. The molecule has 2 rings (SSSR count). The molecule has 2 aromatic carbocycles. The summed E-state index contributed by atoms with van der Waals surface area (Å²) < 4.78 is 181. The first kappa shape index (κ1) is 36.2. The molecule has 244 valence electrons. The lowest BCUT2D eigenvalue weighted by atomic mass is 10.1. The van der Waals surface area contributed by atoms with Crippen molar-refractivity contribution in [3.8, 4) is 5.75 Å². The number of methoxy groups -OCH3 is 1. The Morgan fingerprint density at radius 3 is 1.93 bits per heavy atom. The van der Waals surface area contributed by atoms with Crippen molar-refractivity contribution >= 4 is 34.6 Å². The molecule has 2 aromatic rings. The quantitative estimate of drug-likeness (QED) is 0.116. The fraction of sp³-hybridized carbons (Fsp3) is 0.333. The van der Waals surface area contributed by atoms with Crippen molar-refractivity contribution in [1.29, 1.82) is 0 Å². The maximum atomic E-state index is 14.5. The summed E-state index contributed by atoms with van der Waals surface area (Å²) >= 11 is 4.73. The van der Waals surface area contributed by atoms with Gasteiger partial charge in [0.15, 0.2) is 10.9 Å². The van der Waals surface area contributed by atoms with Crippen LogP contribution in [0.3, 0.4) is 0 Å². The van der Waals surface area contributed by atoms with Crippen LogP contribution in [-0.4, -0.2) is 53.7 Å². The van der Waals surface area contributed by atoms with E-state index in [2.05, 4.69) is 0 Å². The lowest BCUT2D eigenvalue weighted by Gasteiger charge is -2.35. The molecule has 0 aliphatic heterocycles. The summed E-state index contributed by atoms with van der Waals surface area (Å²) in [5.41, 5.74) is -3.78. The van der Waals surface area contributed by atoms with Crippen molar-refractivity contribution in [2.45, 2.75) is 36.5 Å². The van der Waals surface area contributed by atoms with Gasteiger partial charge in [0.2, 0.25) is 0 Å². The third kappa shape index (κ3) is 7.74. The molecule has 0 bridgehead atoms. The van der Waals surface area contributed by atoms with Crippen LogP contribution < -0.4 is 15.4 Å². The number of nitrogens with zero attached hydrogens (tertiary/aromatic N) is 1. The number of thiocarbonyl (C=S) groups is 1. The predicted octanol–water partition coefficient (Wildman–Crippen LogP) is 6.79. The van der Waals surface area contributed by atoms with Crippen LogP contribution in [0.5, 0.6) is 5.75 Å². The number of rotatable bonds is 11. The predicted molar refractivity (Wildman–Crippen MR) is 122 cm³/mol. The summed E-state index contributed by atoms with van der Waals surface area (Å²) in [7, 11) is 1.09. The first-order valence-electron chi connectivity index (χ1n) is 10.7. The molecule has 44 heavy (non-hydrogen) atoms. The van der Waals surface area contributed by atoms with E-state index >= 15 is 0 Å². The lowest BCUT2D eigenvalue weighted by molar-refractivity contribution is -0.535. The van der Waals surface area contributed by atoms with E-state index in [1.807, 2.05) is 15.4 Å². The number of hydrogen-bond acceptors (Lipinski definition) is 7. The number of benzene rings is 2. The highest BCUT2D eigenvalue weighted by Gasteiger charge is 2.80. The minimum absolute atomic E-state index is 0.0194. The average Bonchev–Trinajstić information content (AvgIpc) is 2.85. The van der Waals surface area contributed by atoms with E-state index in [-0.39, 0.29) is 23.4 Å². The summed E-state index contributed by atoms with van der Waals surface area (Å²) in [5.74, 6) is -15.0. The van der Waals surface area contributed by atoms with Crippen molar-refractivity contribution in [2.24, 2.45) is 0 Å². The normalized spacial score (nSPS) is 13.3. The van der Waals surface area contributed by atoms with Crippen LogP contribution in [0, 0.1) is 10.1 Å². The Morgan fingerprint density at radius 2 is 1.41 bits per heavy atom. The molecule has 0 atom stereocenters. The van der Waals surface area contributed by atoms with Gasteiger partial charge in [-0.1, -0.05) is 12.1 Å². The van der Waals surface area contributed by atoms with Crippen molar-refractivity contribution in [3.05, 3.63) is 63.7 Å². The highest BCUT2D eigenvalue weighted by molar-refractivity contribution is 7.80. The summed E-state index contributed by atoms with van der Waals surface area (Å²) in [6.45, 7) is 0. The number of nitro groups is 1. The van der Waals surface area contributed by atoms with Crippen molar-refractivity contribution in [2.75, 3.05) is 12.4 Å². The van der Waals surface area contributed by atoms with Gasteiger partial charge in [0.05, 0.1) is 12.0 Å². The molecule has 0 aliphatic carbocycles. The zero-order valence-electron chi connectivity index (χ0n) is 20.8. The van der Waals surface area contributed by atoms with Crippen LogP contribution in [0.1, 0.15) is 15.9 Å². The second-order valence-corrected chi connectivity index (χ2v) is 8.39. The van der Waals surface area contributed by atoms with Gasteiger partial charge in [-0.15, -0.1) is 13.2 Å². The summed E-state index contributed by atoms with van der Waals surface area (Å²) in [6, 6.07) is 4.25. The second kappa shape index (κ2) is 12.2.